The highest BCUT2D eigenvalue weighted by Crippen LogP contribution is 2.33. The number of hydrogen-bond donors (Lipinski definition) is 3. The molecule has 11 nitrogen and oxygen atoms in total. The highest BCUT2D eigenvalue weighted by atomic mass is 19.1. The summed E-state index contributed by atoms with van der Waals surface area (Å²) in [4.78, 5) is 35.0. The van der Waals surface area contributed by atoms with Crippen molar-refractivity contribution in [2.45, 2.75) is 45.2 Å². The molecule has 1 aliphatic rings. The normalized spacial score (nSPS) is 15.5. The van der Waals surface area contributed by atoms with Gasteiger partial charge in [0.25, 0.3) is 5.91 Å². The van der Waals surface area contributed by atoms with E-state index in [0.29, 0.717) is 52.8 Å². The first kappa shape index (κ1) is 26.0. The van der Waals surface area contributed by atoms with E-state index >= 15 is 4.39 Å². The molecular weight excluding hydrogens is 503 g/mol. The number of anilines is 1. The summed E-state index contributed by atoms with van der Waals surface area (Å²) in [6.45, 7) is 10.5. The van der Waals surface area contributed by atoms with Crippen LogP contribution in [-0.2, 0) is 16.8 Å². The summed E-state index contributed by atoms with van der Waals surface area (Å²) in [6, 6.07) is 6.19. The van der Waals surface area contributed by atoms with Gasteiger partial charge < -0.3 is 20.1 Å². The Kier molecular flexibility index (Phi) is 6.85. The molecule has 1 atom stereocenters. The maximum atomic E-state index is 15.2. The quantitative estimate of drug-likeness (QED) is 0.307. The van der Waals surface area contributed by atoms with Crippen molar-refractivity contribution in [1.82, 2.24) is 35.5 Å². The summed E-state index contributed by atoms with van der Waals surface area (Å²) in [5.74, 6) is -0.0567. The Morgan fingerprint density at radius 1 is 1.31 bits per heavy atom. The second-order valence-electron chi connectivity index (χ2n) is 10.4. The van der Waals surface area contributed by atoms with Gasteiger partial charge in [0.1, 0.15) is 5.82 Å². The van der Waals surface area contributed by atoms with E-state index in [2.05, 4.69) is 42.5 Å². The van der Waals surface area contributed by atoms with Crippen LogP contribution in [0.4, 0.5) is 10.2 Å². The number of halogens is 1. The minimum absolute atomic E-state index is 0.00468. The molecule has 2 amide bonds. The molecule has 0 aliphatic carbocycles. The molecule has 0 unspecified atom stereocenters. The molecule has 0 bridgehead atoms. The lowest BCUT2D eigenvalue weighted by Crippen LogP contribution is -2.30. The largest absolute Gasteiger partial charge is 0.363 e. The Morgan fingerprint density at radius 2 is 2.13 bits per heavy atom. The molecule has 202 valence electrons. The van der Waals surface area contributed by atoms with Crippen LogP contribution in [0.2, 0.25) is 0 Å². The molecule has 12 heteroatoms. The van der Waals surface area contributed by atoms with Gasteiger partial charge in [0, 0.05) is 30.7 Å². The predicted octanol–water partition coefficient (Wildman–Crippen LogP) is 3.57. The fraction of sp³-hybridized carbons (Fsp3) is 0.333. The summed E-state index contributed by atoms with van der Waals surface area (Å²) >= 11 is 0. The monoisotopic (exact) mass is 532 g/mol. The maximum absolute atomic E-state index is 15.2. The second kappa shape index (κ2) is 10.3. The molecule has 4 aromatic rings. The summed E-state index contributed by atoms with van der Waals surface area (Å²) < 4.78 is 20.4. The number of likely N-dealkylation sites (tertiary alicyclic amines) is 1. The molecular formula is C27H29FN8O3. The lowest BCUT2D eigenvalue weighted by atomic mass is 9.97. The number of rotatable bonds is 7. The molecule has 1 saturated heterocycles. The summed E-state index contributed by atoms with van der Waals surface area (Å²) in [7, 11) is 0. The SMILES string of the molecule is C=CC(=O)N1CC[C@@H](Nc2n[nH]c3nccc(-c4ccc(C(=O)NCc5noc(C(C)(C)C)n5)c(F)c4)c23)C1. The van der Waals surface area contributed by atoms with Crippen LogP contribution in [0.5, 0.6) is 0 Å². The fourth-order valence-electron chi connectivity index (χ4n) is 4.45. The summed E-state index contributed by atoms with van der Waals surface area (Å²) in [5, 5.41) is 17.9. The highest BCUT2D eigenvalue weighted by Gasteiger charge is 2.27. The minimum Gasteiger partial charge on any atom is -0.363 e. The van der Waals surface area contributed by atoms with Gasteiger partial charge in [-0.2, -0.15) is 10.1 Å². The molecule has 1 aromatic carbocycles. The Labute approximate surface area is 223 Å². The Balaban J connectivity index is 1.33. The van der Waals surface area contributed by atoms with Gasteiger partial charge in [0.05, 0.1) is 17.5 Å². The minimum atomic E-state index is -0.675. The van der Waals surface area contributed by atoms with Crippen molar-refractivity contribution in [1.29, 1.82) is 0 Å². The number of pyridine rings is 1. The van der Waals surface area contributed by atoms with Crippen LogP contribution < -0.4 is 10.6 Å². The molecule has 0 saturated carbocycles. The smallest absolute Gasteiger partial charge is 0.254 e. The van der Waals surface area contributed by atoms with E-state index in [4.69, 9.17) is 4.52 Å². The zero-order valence-electron chi connectivity index (χ0n) is 21.9. The van der Waals surface area contributed by atoms with Gasteiger partial charge in [0.15, 0.2) is 17.3 Å². The lowest BCUT2D eigenvalue weighted by Gasteiger charge is -2.15. The van der Waals surface area contributed by atoms with Crippen molar-refractivity contribution >= 4 is 28.7 Å². The average molecular weight is 533 g/mol. The summed E-state index contributed by atoms with van der Waals surface area (Å²) in [6.07, 6.45) is 3.67. The van der Waals surface area contributed by atoms with Crippen LogP contribution in [0.3, 0.4) is 0 Å². The van der Waals surface area contributed by atoms with Crippen LogP contribution in [0.1, 0.15) is 49.3 Å². The molecule has 0 spiro atoms. The van der Waals surface area contributed by atoms with Crippen LogP contribution in [0, 0.1) is 5.82 Å². The first-order valence-corrected chi connectivity index (χ1v) is 12.6. The van der Waals surface area contributed by atoms with E-state index in [1.165, 1.54) is 18.2 Å². The first-order valence-electron chi connectivity index (χ1n) is 12.6. The van der Waals surface area contributed by atoms with Crippen LogP contribution in [0.15, 0.2) is 47.6 Å². The van der Waals surface area contributed by atoms with Crippen molar-refractivity contribution in [2.24, 2.45) is 0 Å². The third kappa shape index (κ3) is 5.35. The molecule has 3 aromatic heterocycles. The number of nitrogens with zero attached hydrogens (tertiary/aromatic N) is 5. The van der Waals surface area contributed by atoms with Crippen molar-refractivity contribution in [3.8, 4) is 11.1 Å². The lowest BCUT2D eigenvalue weighted by molar-refractivity contribution is -0.125. The number of carbonyl (C=O) groups is 2. The molecule has 5 rings (SSSR count). The van der Waals surface area contributed by atoms with E-state index in [9.17, 15) is 9.59 Å². The van der Waals surface area contributed by atoms with Gasteiger partial charge in [0.2, 0.25) is 11.8 Å². The standard InChI is InChI=1S/C27H29FN8O3/c1-5-21(37)36-11-9-16(14-36)31-24-22-17(8-10-29-23(22)33-34-24)15-6-7-18(19(28)12-15)25(38)30-13-20-32-26(39-35-20)27(2,3)4/h5-8,10,12,16H,1,9,11,13-14H2,2-4H3,(H,30,38)(H2,29,31,33,34)/t16-/m1/s1. The first-order chi connectivity index (χ1) is 18.6. The van der Waals surface area contributed by atoms with E-state index < -0.39 is 11.7 Å². The van der Waals surface area contributed by atoms with Crippen molar-refractivity contribution in [3.63, 3.8) is 0 Å². The number of aromatic amines is 1. The molecule has 1 fully saturated rings. The maximum Gasteiger partial charge on any atom is 0.254 e. The number of carbonyl (C=O) groups excluding carboxylic acids is 2. The van der Waals surface area contributed by atoms with Crippen molar-refractivity contribution in [3.05, 3.63) is 66.2 Å². The van der Waals surface area contributed by atoms with Crippen molar-refractivity contribution < 1.29 is 18.5 Å². The highest BCUT2D eigenvalue weighted by molar-refractivity contribution is 6.01. The zero-order valence-corrected chi connectivity index (χ0v) is 21.9. The Bertz CT molecular complexity index is 1550. The van der Waals surface area contributed by atoms with Crippen molar-refractivity contribution in [2.75, 3.05) is 18.4 Å². The van der Waals surface area contributed by atoms with E-state index in [-0.39, 0.29) is 29.5 Å². The van der Waals surface area contributed by atoms with Gasteiger partial charge in [-0.15, -0.1) is 0 Å². The van der Waals surface area contributed by atoms with E-state index in [0.717, 1.165) is 6.42 Å². The predicted molar refractivity (Wildman–Crippen MR) is 142 cm³/mol. The van der Waals surface area contributed by atoms with E-state index in [1.54, 1.807) is 23.2 Å². The summed E-state index contributed by atoms with van der Waals surface area (Å²) in [5.41, 5.74) is 1.36. The number of H-pyrrole nitrogens is 1. The molecule has 0 radical (unpaired) electrons. The molecule has 3 N–H and O–H groups in total. The van der Waals surface area contributed by atoms with Gasteiger partial charge in [-0.1, -0.05) is 38.6 Å². The van der Waals surface area contributed by atoms with Gasteiger partial charge in [-0.05, 0) is 41.8 Å². The number of nitrogens with one attached hydrogen (secondary N) is 3. The number of aromatic nitrogens is 5. The van der Waals surface area contributed by atoms with Gasteiger partial charge >= 0.3 is 0 Å². The second-order valence-corrected chi connectivity index (χ2v) is 10.4. The third-order valence-corrected chi connectivity index (χ3v) is 6.52. The molecule has 1 aliphatic heterocycles. The van der Waals surface area contributed by atoms with Gasteiger partial charge in [-0.3, -0.25) is 14.7 Å². The van der Waals surface area contributed by atoms with Crippen LogP contribution in [-0.4, -0.2) is 61.2 Å². The number of hydrogen-bond acceptors (Lipinski definition) is 8. The molecule has 4 heterocycles. The topological polar surface area (TPSA) is 142 Å². The van der Waals surface area contributed by atoms with Crippen LogP contribution in [0.25, 0.3) is 22.2 Å². The third-order valence-electron chi connectivity index (χ3n) is 6.52. The number of fused-ring (bicyclic) bond motifs is 1. The molecule has 39 heavy (non-hydrogen) atoms. The number of amides is 2. The van der Waals surface area contributed by atoms with E-state index in [1.807, 2.05) is 20.8 Å². The van der Waals surface area contributed by atoms with Gasteiger partial charge in [-0.25, -0.2) is 9.37 Å². The fourth-order valence-corrected chi connectivity index (χ4v) is 4.45. The van der Waals surface area contributed by atoms with Crippen LogP contribution >= 0.6 is 0 Å². The zero-order chi connectivity index (χ0) is 27.7. The Hall–Kier alpha value is -4.61. The Morgan fingerprint density at radius 3 is 2.85 bits per heavy atom. The number of benzene rings is 1. The average Bonchev–Trinajstić information content (AvgIpc) is 3.67.